The second kappa shape index (κ2) is 14.5. The first-order chi connectivity index (χ1) is 16.6. The highest BCUT2D eigenvalue weighted by atomic mass is 16.5. The number of rotatable bonds is 18. The van der Waals surface area contributed by atoms with Crippen LogP contribution < -0.4 is 0 Å². The van der Waals surface area contributed by atoms with Crippen LogP contribution in [0.4, 0.5) is 0 Å². The third kappa shape index (κ3) is 8.81. The van der Waals surface area contributed by atoms with Crippen molar-refractivity contribution in [1.82, 2.24) is 0 Å². The van der Waals surface area contributed by atoms with Crippen LogP contribution in [-0.4, -0.2) is 85.4 Å². The van der Waals surface area contributed by atoms with E-state index in [9.17, 15) is 34.5 Å². The van der Waals surface area contributed by atoms with Crippen molar-refractivity contribution in [2.24, 2.45) is 5.41 Å². The molecule has 0 amide bonds. The molecule has 0 aliphatic rings. The minimum Gasteiger partial charge on any atom is -0.478 e. The van der Waals surface area contributed by atoms with Crippen molar-refractivity contribution in [3.8, 4) is 0 Å². The van der Waals surface area contributed by atoms with Crippen molar-refractivity contribution >= 4 is 23.9 Å². The van der Waals surface area contributed by atoms with E-state index in [2.05, 4.69) is 19.7 Å². The van der Waals surface area contributed by atoms with Crippen LogP contribution in [0.3, 0.4) is 0 Å². The van der Waals surface area contributed by atoms with Crippen molar-refractivity contribution < 1.29 is 53.4 Å². The highest BCUT2D eigenvalue weighted by Gasteiger charge is 2.35. The largest absolute Gasteiger partial charge is 0.478 e. The number of carboxylic acids is 3. The average Bonchev–Trinajstić information content (AvgIpc) is 2.81. The van der Waals surface area contributed by atoms with E-state index in [-0.39, 0.29) is 46.2 Å². The molecule has 0 spiro atoms. The van der Waals surface area contributed by atoms with Gasteiger partial charge in [0.15, 0.2) is 0 Å². The minimum atomic E-state index is -1.66. The van der Waals surface area contributed by atoms with Crippen LogP contribution in [0.2, 0.25) is 0 Å². The fourth-order valence-corrected chi connectivity index (χ4v) is 2.92. The smallest absolute Gasteiger partial charge is 0.339 e. The Hall–Kier alpha value is -3.80. The van der Waals surface area contributed by atoms with Gasteiger partial charge in [-0.2, -0.15) is 0 Å². The Balaban J connectivity index is 3.33. The lowest BCUT2D eigenvalue weighted by Gasteiger charge is -2.32. The summed E-state index contributed by atoms with van der Waals surface area (Å²) in [6, 6.07) is 1.27. The molecule has 0 aliphatic carbocycles. The molecule has 0 aromatic heterocycles. The number of esters is 1. The molecule has 0 saturated carbocycles. The number of aromatic carboxylic acids is 3. The Labute approximate surface area is 201 Å². The fourth-order valence-electron chi connectivity index (χ4n) is 2.92. The van der Waals surface area contributed by atoms with E-state index >= 15 is 0 Å². The summed E-state index contributed by atoms with van der Waals surface area (Å²) < 4.78 is 22.0. The lowest BCUT2D eigenvalue weighted by atomic mass is 9.92. The molecule has 0 heterocycles. The maximum absolute atomic E-state index is 12.9. The van der Waals surface area contributed by atoms with Gasteiger partial charge in [-0.1, -0.05) is 18.2 Å². The summed E-state index contributed by atoms with van der Waals surface area (Å²) in [6.07, 6.45) is 4.55. The quantitative estimate of drug-likeness (QED) is 0.157. The molecule has 0 atom stereocenters. The van der Waals surface area contributed by atoms with Crippen LogP contribution in [0.15, 0.2) is 50.1 Å². The number of benzene rings is 1. The summed E-state index contributed by atoms with van der Waals surface area (Å²) >= 11 is 0. The molecule has 1 aromatic rings. The Morgan fingerprint density at radius 2 is 1.00 bits per heavy atom. The van der Waals surface area contributed by atoms with Crippen LogP contribution in [0.5, 0.6) is 0 Å². The van der Waals surface area contributed by atoms with E-state index in [0.29, 0.717) is 12.1 Å². The molecule has 1 aromatic carbocycles. The third-order valence-electron chi connectivity index (χ3n) is 4.51. The van der Waals surface area contributed by atoms with Gasteiger partial charge in [-0.15, -0.1) is 19.7 Å². The predicted octanol–water partition coefficient (Wildman–Crippen LogP) is 2.53. The van der Waals surface area contributed by atoms with Gasteiger partial charge in [0.2, 0.25) is 0 Å². The van der Waals surface area contributed by atoms with Gasteiger partial charge in [0.05, 0.1) is 67.3 Å². The predicted molar refractivity (Wildman–Crippen MR) is 123 cm³/mol. The zero-order chi connectivity index (χ0) is 26.4. The van der Waals surface area contributed by atoms with Gasteiger partial charge in [-0.25, -0.2) is 19.2 Å². The maximum Gasteiger partial charge on any atom is 0.339 e. The topological polar surface area (TPSA) is 166 Å². The molecule has 0 aliphatic heterocycles. The number of hydrogen-bond acceptors (Lipinski definition) is 8. The molecule has 0 fully saturated rings. The van der Waals surface area contributed by atoms with Crippen LogP contribution >= 0.6 is 0 Å². The molecular formula is C24H28O11. The summed E-state index contributed by atoms with van der Waals surface area (Å²) in [5.41, 5.74) is -3.94. The van der Waals surface area contributed by atoms with Crippen molar-refractivity contribution in [3.05, 3.63) is 72.4 Å². The third-order valence-corrected chi connectivity index (χ3v) is 4.51. The van der Waals surface area contributed by atoms with Crippen LogP contribution in [-0.2, 0) is 18.9 Å². The molecule has 11 heteroatoms. The van der Waals surface area contributed by atoms with Gasteiger partial charge in [-0.3, -0.25) is 0 Å². The van der Waals surface area contributed by atoms with Crippen molar-refractivity contribution in [2.75, 3.05) is 46.2 Å². The number of hydrogen-bond donors (Lipinski definition) is 3. The first-order valence-electron chi connectivity index (χ1n) is 10.2. The molecule has 0 bridgehead atoms. The summed E-state index contributed by atoms with van der Waals surface area (Å²) in [5, 5.41) is 28.0. The molecule has 190 valence electrons. The van der Waals surface area contributed by atoms with Crippen LogP contribution in [0.25, 0.3) is 0 Å². The zero-order valence-corrected chi connectivity index (χ0v) is 19.1. The highest BCUT2D eigenvalue weighted by molar-refractivity contribution is 6.09. The van der Waals surface area contributed by atoms with E-state index in [1.165, 1.54) is 18.2 Å². The lowest BCUT2D eigenvalue weighted by molar-refractivity contribution is -0.0865. The van der Waals surface area contributed by atoms with E-state index in [0.717, 1.165) is 0 Å². The second-order valence-corrected chi connectivity index (χ2v) is 7.35. The lowest BCUT2D eigenvalue weighted by Crippen LogP contribution is -2.42. The number of carboxylic acid groups (broad SMARTS) is 3. The van der Waals surface area contributed by atoms with Gasteiger partial charge in [-0.05, 0) is 12.1 Å². The summed E-state index contributed by atoms with van der Waals surface area (Å²) in [4.78, 5) is 47.4. The van der Waals surface area contributed by atoms with Crippen LogP contribution in [0, 0.1) is 5.41 Å². The molecule has 1 rings (SSSR count). The monoisotopic (exact) mass is 492 g/mol. The highest BCUT2D eigenvalue weighted by Crippen LogP contribution is 2.24. The van der Waals surface area contributed by atoms with E-state index < -0.39 is 51.5 Å². The van der Waals surface area contributed by atoms with E-state index in [1.54, 1.807) is 0 Å². The van der Waals surface area contributed by atoms with E-state index in [4.69, 9.17) is 18.9 Å². The van der Waals surface area contributed by atoms with E-state index in [1.807, 2.05) is 0 Å². The number of carbonyl (C=O) groups is 4. The fraction of sp³-hybridized carbons (Fsp3) is 0.333. The normalized spacial score (nSPS) is 10.9. The molecule has 35 heavy (non-hydrogen) atoms. The summed E-state index contributed by atoms with van der Waals surface area (Å²) in [5.74, 6) is -6.14. The molecule has 0 radical (unpaired) electrons. The maximum atomic E-state index is 12.9. The van der Waals surface area contributed by atoms with Crippen molar-refractivity contribution in [3.63, 3.8) is 0 Å². The summed E-state index contributed by atoms with van der Waals surface area (Å²) in [7, 11) is 0. The van der Waals surface area contributed by atoms with Gasteiger partial charge < -0.3 is 34.3 Å². The van der Waals surface area contributed by atoms with Gasteiger partial charge in [0.25, 0.3) is 0 Å². The molecular weight excluding hydrogens is 464 g/mol. The zero-order valence-electron chi connectivity index (χ0n) is 19.1. The molecule has 11 nitrogen and oxygen atoms in total. The average molecular weight is 492 g/mol. The first-order valence-corrected chi connectivity index (χ1v) is 10.2. The van der Waals surface area contributed by atoms with Crippen molar-refractivity contribution in [1.29, 1.82) is 0 Å². The van der Waals surface area contributed by atoms with Crippen molar-refractivity contribution in [2.45, 2.75) is 0 Å². The first kappa shape index (κ1) is 29.2. The Kier molecular flexibility index (Phi) is 12.1. The number of carbonyl (C=O) groups excluding carboxylic acids is 1. The molecule has 0 unspecified atom stereocenters. The summed E-state index contributed by atoms with van der Waals surface area (Å²) in [6.45, 7) is 10.9. The molecule has 0 saturated heterocycles. The number of ether oxygens (including phenoxy) is 4. The minimum absolute atomic E-state index is 0.00466. The second-order valence-electron chi connectivity index (χ2n) is 7.35. The standard InChI is InChI=1S/C24H28O11/c1-4-7-32-12-24(13-33-8-5-2,14-34-9-6-3)15-35-23(31)19-11-17(21(27)28)16(20(25)26)10-18(19)22(29)30/h4-6,10-11H,1-3,7-9,12-15H2,(H,25,26)(H,27,28)(H,29,30). The van der Waals surface area contributed by atoms with Gasteiger partial charge in [0.1, 0.15) is 6.61 Å². The Morgan fingerprint density at radius 1 is 0.657 bits per heavy atom. The Bertz CT molecular complexity index is 928. The van der Waals surface area contributed by atoms with Crippen LogP contribution in [0.1, 0.15) is 41.4 Å². The van der Waals surface area contributed by atoms with Gasteiger partial charge >= 0.3 is 23.9 Å². The molecule has 3 N–H and O–H groups in total. The van der Waals surface area contributed by atoms with Gasteiger partial charge in [0, 0.05) is 0 Å². The Morgan fingerprint density at radius 3 is 1.34 bits per heavy atom. The SMILES string of the molecule is C=CCOCC(COCC=C)(COCC=C)COC(=O)c1cc(C(=O)O)c(C(=O)O)cc1C(=O)O.